The molecule has 0 aliphatic carbocycles. The number of aryl methyl sites for hydroxylation is 1. The van der Waals surface area contributed by atoms with Gasteiger partial charge in [-0.3, -0.25) is 15.0 Å². The minimum absolute atomic E-state index is 0.128. The minimum atomic E-state index is -0.395. The topological polar surface area (TPSA) is 49.4 Å². The highest BCUT2D eigenvalue weighted by molar-refractivity contribution is 9.10. The summed E-state index contributed by atoms with van der Waals surface area (Å²) in [5.41, 5.74) is 5.25. The van der Waals surface area contributed by atoms with E-state index in [1.807, 2.05) is 43.3 Å². The van der Waals surface area contributed by atoms with Crippen LogP contribution in [0.25, 0.3) is 6.08 Å². The van der Waals surface area contributed by atoms with Gasteiger partial charge in [0.1, 0.15) is 5.57 Å². The van der Waals surface area contributed by atoms with E-state index >= 15 is 0 Å². The summed E-state index contributed by atoms with van der Waals surface area (Å²) in [5.74, 6) is -0.745. The Kier molecular flexibility index (Phi) is 3.81. The molecule has 0 radical (unpaired) electrons. The Morgan fingerprint density at radius 3 is 2.27 bits per heavy atom. The maximum Gasteiger partial charge on any atom is 0.282 e. The first kappa shape index (κ1) is 14.5. The number of nitrogens with one attached hydrogen (secondary N) is 1. The van der Waals surface area contributed by atoms with Crippen molar-refractivity contribution in [2.75, 3.05) is 5.01 Å². The summed E-state index contributed by atoms with van der Waals surface area (Å²) in [5, 5.41) is 1.27. The van der Waals surface area contributed by atoms with Crippen molar-refractivity contribution in [3.05, 3.63) is 69.7 Å². The lowest BCUT2D eigenvalue weighted by Gasteiger charge is -2.14. The minimum Gasteiger partial charge on any atom is -0.267 e. The lowest BCUT2D eigenvalue weighted by atomic mass is 10.1. The fraction of sp³-hybridized carbons (Fsp3) is 0.0588. The number of carbonyl (C=O) groups excluding carboxylic acids is 2. The molecule has 2 amide bonds. The summed E-state index contributed by atoms with van der Waals surface area (Å²) in [6.07, 6.45) is 1.60. The van der Waals surface area contributed by atoms with Crippen LogP contribution in [0.2, 0.25) is 0 Å². The summed E-state index contributed by atoms with van der Waals surface area (Å²) in [6.45, 7) is 1.97. The number of hydrazine groups is 1. The van der Waals surface area contributed by atoms with Gasteiger partial charge in [-0.05, 0) is 42.8 Å². The normalized spacial score (nSPS) is 16.3. The molecule has 22 heavy (non-hydrogen) atoms. The zero-order valence-corrected chi connectivity index (χ0v) is 13.4. The van der Waals surface area contributed by atoms with Gasteiger partial charge >= 0.3 is 0 Å². The molecule has 0 aromatic heterocycles. The van der Waals surface area contributed by atoms with E-state index in [-0.39, 0.29) is 11.5 Å². The molecule has 4 nitrogen and oxygen atoms in total. The Morgan fingerprint density at radius 2 is 1.64 bits per heavy atom. The van der Waals surface area contributed by atoms with E-state index in [0.717, 1.165) is 15.6 Å². The first-order chi connectivity index (χ1) is 10.5. The Morgan fingerprint density at radius 1 is 1.00 bits per heavy atom. The van der Waals surface area contributed by atoms with Crippen LogP contribution in [-0.4, -0.2) is 11.8 Å². The van der Waals surface area contributed by atoms with E-state index in [4.69, 9.17) is 0 Å². The number of hydrogen-bond acceptors (Lipinski definition) is 2. The van der Waals surface area contributed by atoms with Crippen LogP contribution in [0.15, 0.2) is 58.6 Å². The summed E-state index contributed by atoms with van der Waals surface area (Å²) >= 11 is 3.35. The van der Waals surface area contributed by atoms with Crippen molar-refractivity contribution in [2.24, 2.45) is 0 Å². The zero-order valence-electron chi connectivity index (χ0n) is 11.8. The fourth-order valence-corrected chi connectivity index (χ4v) is 2.42. The average Bonchev–Trinajstić information content (AvgIpc) is 2.78. The number of rotatable bonds is 2. The van der Waals surface area contributed by atoms with Crippen LogP contribution >= 0.6 is 15.9 Å². The largest absolute Gasteiger partial charge is 0.282 e. The van der Waals surface area contributed by atoms with Gasteiger partial charge in [0.05, 0.1) is 5.69 Å². The second kappa shape index (κ2) is 5.77. The number of benzene rings is 2. The predicted molar refractivity (Wildman–Crippen MR) is 88.9 cm³/mol. The molecule has 1 N–H and O–H groups in total. The molecule has 0 unspecified atom stereocenters. The third-order valence-corrected chi connectivity index (χ3v) is 3.89. The Balaban J connectivity index is 1.91. The highest BCUT2D eigenvalue weighted by Gasteiger charge is 2.34. The van der Waals surface area contributed by atoms with Gasteiger partial charge in [-0.25, -0.2) is 5.01 Å². The second-order valence-corrected chi connectivity index (χ2v) is 5.94. The lowest BCUT2D eigenvalue weighted by molar-refractivity contribution is -0.117. The molecule has 1 aliphatic heterocycles. The van der Waals surface area contributed by atoms with Crippen LogP contribution in [0.3, 0.4) is 0 Å². The van der Waals surface area contributed by atoms with Crippen molar-refractivity contribution in [1.29, 1.82) is 0 Å². The van der Waals surface area contributed by atoms with Crippen molar-refractivity contribution in [3.8, 4) is 0 Å². The predicted octanol–water partition coefficient (Wildman–Crippen LogP) is 3.22. The van der Waals surface area contributed by atoms with Crippen LogP contribution in [0.5, 0.6) is 0 Å². The second-order valence-electron chi connectivity index (χ2n) is 5.03. The van der Waals surface area contributed by atoms with Gasteiger partial charge in [0.2, 0.25) is 0 Å². The fourth-order valence-electron chi connectivity index (χ4n) is 2.16. The molecule has 2 aromatic carbocycles. The van der Waals surface area contributed by atoms with Gasteiger partial charge in [0.25, 0.3) is 11.8 Å². The van der Waals surface area contributed by atoms with Crippen LogP contribution < -0.4 is 10.4 Å². The number of carbonyl (C=O) groups is 2. The zero-order chi connectivity index (χ0) is 15.7. The highest BCUT2D eigenvalue weighted by Crippen LogP contribution is 2.22. The van der Waals surface area contributed by atoms with Crippen LogP contribution in [0, 0.1) is 6.92 Å². The monoisotopic (exact) mass is 356 g/mol. The van der Waals surface area contributed by atoms with Crippen LogP contribution in [-0.2, 0) is 9.59 Å². The molecule has 0 saturated carbocycles. The molecular weight excluding hydrogens is 344 g/mol. The van der Waals surface area contributed by atoms with Crippen molar-refractivity contribution >= 4 is 39.5 Å². The van der Waals surface area contributed by atoms with E-state index in [1.165, 1.54) is 5.01 Å². The molecule has 1 fully saturated rings. The molecule has 2 aromatic rings. The molecule has 0 atom stereocenters. The Hall–Kier alpha value is -2.40. The molecule has 1 saturated heterocycles. The van der Waals surface area contributed by atoms with Crippen molar-refractivity contribution in [3.63, 3.8) is 0 Å². The Bertz CT molecular complexity index is 764. The van der Waals surface area contributed by atoms with Crippen molar-refractivity contribution in [2.45, 2.75) is 6.92 Å². The molecule has 1 heterocycles. The molecule has 0 bridgehead atoms. The smallest absolute Gasteiger partial charge is 0.267 e. The first-order valence-electron chi connectivity index (χ1n) is 6.74. The van der Waals surface area contributed by atoms with Gasteiger partial charge in [0.15, 0.2) is 0 Å². The van der Waals surface area contributed by atoms with E-state index in [0.29, 0.717) is 5.69 Å². The first-order valence-corrected chi connectivity index (χ1v) is 7.53. The number of amides is 2. The summed E-state index contributed by atoms with van der Waals surface area (Å²) < 4.78 is 0.943. The third kappa shape index (κ3) is 2.80. The molecule has 0 spiro atoms. The standard InChI is InChI=1S/C17H13BrN2O2/c1-11-2-8-14(9-3-11)20-17(22)15(16(21)19-20)10-12-4-6-13(18)7-5-12/h2-10H,1H3,(H,19,21)/b15-10-. The highest BCUT2D eigenvalue weighted by atomic mass is 79.9. The number of nitrogens with zero attached hydrogens (tertiary/aromatic N) is 1. The SMILES string of the molecule is Cc1ccc(N2NC(=O)/C(=C/c3ccc(Br)cc3)C2=O)cc1. The van der Waals surface area contributed by atoms with Crippen LogP contribution in [0.1, 0.15) is 11.1 Å². The van der Waals surface area contributed by atoms with Crippen molar-refractivity contribution in [1.82, 2.24) is 5.43 Å². The maximum absolute atomic E-state index is 12.4. The number of halogens is 1. The number of anilines is 1. The molecular formula is C17H13BrN2O2. The maximum atomic E-state index is 12.4. The third-order valence-electron chi connectivity index (χ3n) is 3.36. The number of hydrogen-bond donors (Lipinski definition) is 1. The van der Waals surface area contributed by atoms with E-state index in [1.54, 1.807) is 18.2 Å². The van der Waals surface area contributed by atoms with Gasteiger partial charge in [0, 0.05) is 4.47 Å². The molecule has 3 rings (SSSR count). The molecule has 5 heteroatoms. The van der Waals surface area contributed by atoms with Crippen LogP contribution in [0.4, 0.5) is 5.69 Å². The Labute approximate surface area is 136 Å². The van der Waals surface area contributed by atoms with E-state index < -0.39 is 5.91 Å². The van der Waals surface area contributed by atoms with Gasteiger partial charge in [-0.2, -0.15) is 0 Å². The van der Waals surface area contributed by atoms with E-state index in [9.17, 15) is 9.59 Å². The summed E-state index contributed by atoms with van der Waals surface area (Å²) in [7, 11) is 0. The quantitative estimate of drug-likeness (QED) is 0.663. The summed E-state index contributed by atoms with van der Waals surface area (Å²) in [6, 6.07) is 14.8. The van der Waals surface area contributed by atoms with E-state index in [2.05, 4.69) is 21.4 Å². The van der Waals surface area contributed by atoms with Gasteiger partial charge < -0.3 is 0 Å². The molecule has 110 valence electrons. The average molecular weight is 357 g/mol. The molecule has 1 aliphatic rings. The van der Waals surface area contributed by atoms with Gasteiger partial charge in [-0.1, -0.05) is 45.8 Å². The van der Waals surface area contributed by atoms with Crippen molar-refractivity contribution < 1.29 is 9.59 Å². The van der Waals surface area contributed by atoms with Gasteiger partial charge in [-0.15, -0.1) is 0 Å². The summed E-state index contributed by atoms with van der Waals surface area (Å²) in [4.78, 5) is 24.5. The lowest BCUT2D eigenvalue weighted by Crippen LogP contribution is -2.35.